The van der Waals surface area contributed by atoms with E-state index in [1.54, 1.807) is 0 Å². The Labute approximate surface area is 85.2 Å². The minimum atomic E-state index is -0.689. The number of rotatable bonds is 3. The molecule has 0 aromatic heterocycles. The van der Waals surface area contributed by atoms with E-state index in [2.05, 4.69) is 14.2 Å². The van der Waals surface area contributed by atoms with Gasteiger partial charge in [-0.15, -0.1) is 0 Å². The highest BCUT2D eigenvalue weighted by molar-refractivity contribution is 5.61. The Bertz CT molecular complexity index is 254. The molecular formula is C8H10O7. The Morgan fingerprint density at radius 1 is 1.07 bits per heavy atom. The standard InChI is InChI=1S/C8H10O7/c9-7-12-1-5(2-13-7)11-3-6-4-14-8(10)15-6/h5-6H,1-4H2/t6-/m0/s1. The van der Waals surface area contributed by atoms with Gasteiger partial charge in [0.2, 0.25) is 0 Å². The molecule has 0 N–H and O–H groups in total. The van der Waals surface area contributed by atoms with Crippen molar-refractivity contribution in [3.63, 3.8) is 0 Å². The van der Waals surface area contributed by atoms with Crippen molar-refractivity contribution in [2.75, 3.05) is 26.4 Å². The summed E-state index contributed by atoms with van der Waals surface area (Å²) in [5.41, 5.74) is 0. The fraction of sp³-hybridized carbons (Fsp3) is 0.750. The molecule has 0 unspecified atom stereocenters. The van der Waals surface area contributed by atoms with Crippen LogP contribution in [0.25, 0.3) is 0 Å². The number of carbonyl (C=O) groups excluding carboxylic acids is 2. The fourth-order valence-electron chi connectivity index (χ4n) is 1.20. The van der Waals surface area contributed by atoms with Crippen LogP contribution < -0.4 is 0 Å². The average Bonchev–Trinajstić information content (AvgIpc) is 2.64. The number of cyclic esters (lactones) is 4. The molecule has 0 spiro atoms. The van der Waals surface area contributed by atoms with Crippen molar-refractivity contribution in [3.05, 3.63) is 0 Å². The van der Waals surface area contributed by atoms with Crippen LogP contribution >= 0.6 is 0 Å². The zero-order chi connectivity index (χ0) is 10.7. The molecule has 2 heterocycles. The van der Waals surface area contributed by atoms with Crippen LogP contribution in [0.2, 0.25) is 0 Å². The summed E-state index contributed by atoms with van der Waals surface area (Å²) in [5.74, 6) is 0. The Hall–Kier alpha value is -1.50. The van der Waals surface area contributed by atoms with Crippen molar-refractivity contribution >= 4 is 12.3 Å². The van der Waals surface area contributed by atoms with E-state index in [1.165, 1.54) is 0 Å². The third-order valence-electron chi connectivity index (χ3n) is 1.94. The monoisotopic (exact) mass is 218 g/mol. The number of hydrogen-bond donors (Lipinski definition) is 0. The van der Waals surface area contributed by atoms with Crippen molar-refractivity contribution in [1.29, 1.82) is 0 Å². The van der Waals surface area contributed by atoms with Crippen LogP contribution in [-0.2, 0) is 23.7 Å². The second kappa shape index (κ2) is 4.35. The molecule has 0 saturated carbocycles. The van der Waals surface area contributed by atoms with E-state index in [-0.39, 0.29) is 32.5 Å². The minimum absolute atomic E-state index is 0.153. The second-order valence-electron chi connectivity index (χ2n) is 3.13. The molecule has 0 bridgehead atoms. The van der Waals surface area contributed by atoms with Crippen LogP contribution in [0, 0.1) is 0 Å². The van der Waals surface area contributed by atoms with Gasteiger partial charge >= 0.3 is 12.3 Å². The normalized spacial score (nSPS) is 26.5. The van der Waals surface area contributed by atoms with Crippen LogP contribution in [-0.4, -0.2) is 50.9 Å². The van der Waals surface area contributed by atoms with Crippen LogP contribution in [0.4, 0.5) is 9.59 Å². The number of carbonyl (C=O) groups is 2. The first-order valence-corrected chi connectivity index (χ1v) is 4.48. The van der Waals surface area contributed by atoms with Gasteiger partial charge in [0.25, 0.3) is 0 Å². The highest BCUT2D eigenvalue weighted by Crippen LogP contribution is 2.09. The molecule has 0 aromatic carbocycles. The van der Waals surface area contributed by atoms with E-state index in [1.807, 2.05) is 0 Å². The molecule has 84 valence electrons. The van der Waals surface area contributed by atoms with Gasteiger partial charge in [0, 0.05) is 0 Å². The summed E-state index contributed by atoms with van der Waals surface area (Å²) in [6.07, 6.45) is -2.09. The number of hydrogen-bond acceptors (Lipinski definition) is 7. The van der Waals surface area contributed by atoms with E-state index in [0.717, 1.165) is 0 Å². The molecule has 7 heteroatoms. The highest BCUT2D eigenvalue weighted by Gasteiger charge is 2.28. The first kappa shape index (κ1) is 10.0. The predicted molar refractivity (Wildman–Crippen MR) is 43.3 cm³/mol. The summed E-state index contributed by atoms with van der Waals surface area (Å²) in [5, 5.41) is 0. The molecule has 0 aliphatic carbocycles. The zero-order valence-electron chi connectivity index (χ0n) is 7.84. The first-order valence-electron chi connectivity index (χ1n) is 4.48. The van der Waals surface area contributed by atoms with Crippen molar-refractivity contribution in [3.8, 4) is 0 Å². The molecular weight excluding hydrogens is 208 g/mol. The van der Waals surface area contributed by atoms with Gasteiger partial charge in [-0.2, -0.15) is 0 Å². The maximum Gasteiger partial charge on any atom is 0.508 e. The topological polar surface area (TPSA) is 80.3 Å². The van der Waals surface area contributed by atoms with Gasteiger partial charge in [0.15, 0.2) is 6.10 Å². The molecule has 2 aliphatic rings. The largest absolute Gasteiger partial charge is 0.508 e. The molecule has 15 heavy (non-hydrogen) atoms. The summed E-state index contributed by atoms with van der Waals surface area (Å²) in [6.45, 7) is 0.699. The molecule has 7 nitrogen and oxygen atoms in total. The third-order valence-corrected chi connectivity index (χ3v) is 1.94. The smallest absolute Gasteiger partial charge is 0.431 e. The fourth-order valence-corrected chi connectivity index (χ4v) is 1.20. The van der Waals surface area contributed by atoms with Crippen molar-refractivity contribution in [1.82, 2.24) is 0 Å². The predicted octanol–water partition coefficient (Wildman–Crippen LogP) is 0.0738. The van der Waals surface area contributed by atoms with Gasteiger partial charge in [-0.25, -0.2) is 9.59 Å². The Kier molecular flexibility index (Phi) is 2.91. The summed E-state index contributed by atoms with van der Waals surface area (Å²) in [6, 6.07) is 0. The number of ether oxygens (including phenoxy) is 5. The van der Waals surface area contributed by atoms with E-state index in [0.29, 0.717) is 0 Å². The summed E-state index contributed by atoms with van der Waals surface area (Å²) < 4.78 is 23.8. The highest BCUT2D eigenvalue weighted by atomic mass is 16.8. The van der Waals surface area contributed by atoms with Gasteiger partial charge in [0.05, 0.1) is 6.61 Å². The quantitative estimate of drug-likeness (QED) is 0.620. The summed E-state index contributed by atoms with van der Waals surface area (Å²) in [7, 11) is 0. The molecule has 1 atom stereocenters. The lowest BCUT2D eigenvalue weighted by molar-refractivity contribution is -0.0959. The SMILES string of the molecule is O=C1OCC(OC[C@H]2COC(=O)O2)CO1. The van der Waals surface area contributed by atoms with Gasteiger partial charge < -0.3 is 23.7 Å². The van der Waals surface area contributed by atoms with Gasteiger partial charge in [0.1, 0.15) is 25.9 Å². The zero-order valence-corrected chi connectivity index (χ0v) is 7.84. The van der Waals surface area contributed by atoms with E-state index < -0.39 is 18.4 Å². The molecule has 2 fully saturated rings. The van der Waals surface area contributed by atoms with Crippen LogP contribution in [0.5, 0.6) is 0 Å². The van der Waals surface area contributed by atoms with Crippen LogP contribution in [0.15, 0.2) is 0 Å². The summed E-state index contributed by atoms with van der Waals surface area (Å²) >= 11 is 0. The summed E-state index contributed by atoms with van der Waals surface area (Å²) in [4.78, 5) is 21.1. The van der Waals surface area contributed by atoms with Crippen molar-refractivity contribution < 1.29 is 33.3 Å². The Balaban J connectivity index is 1.65. The van der Waals surface area contributed by atoms with Gasteiger partial charge in [-0.05, 0) is 0 Å². The molecule has 2 rings (SSSR count). The molecule has 0 radical (unpaired) electrons. The van der Waals surface area contributed by atoms with E-state index in [4.69, 9.17) is 9.47 Å². The average molecular weight is 218 g/mol. The lowest BCUT2D eigenvalue weighted by Gasteiger charge is -2.22. The van der Waals surface area contributed by atoms with Crippen molar-refractivity contribution in [2.24, 2.45) is 0 Å². The molecule has 0 amide bonds. The van der Waals surface area contributed by atoms with Gasteiger partial charge in [-0.1, -0.05) is 0 Å². The lowest BCUT2D eigenvalue weighted by atomic mass is 10.3. The minimum Gasteiger partial charge on any atom is -0.431 e. The Morgan fingerprint density at radius 2 is 1.73 bits per heavy atom. The van der Waals surface area contributed by atoms with E-state index in [9.17, 15) is 9.59 Å². The van der Waals surface area contributed by atoms with Crippen LogP contribution in [0.1, 0.15) is 0 Å². The van der Waals surface area contributed by atoms with Crippen molar-refractivity contribution in [2.45, 2.75) is 12.2 Å². The maximum atomic E-state index is 10.6. The first-order chi connectivity index (χ1) is 7.24. The van der Waals surface area contributed by atoms with Crippen LogP contribution in [0.3, 0.4) is 0 Å². The maximum absolute atomic E-state index is 10.6. The third kappa shape index (κ3) is 2.72. The van der Waals surface area contributed by atoms with E-state index >= 15 is 0 Å². The van der Waals surface area contributed by atoms with Gasteiger partial charge in [-0.3, -0.25) is 0 Å². The Morgan fingerprint density at radius 3 is 2.33 bits per heavy atom. The lowest BCUT2D eigenvalue weighted by Crippen LogP contribution is -2.36. The molecule has 2 saturated heterocycles. The molecule has 0 aromatic rings. The molecule has 2 aliphatic heterocycles. The second-order valence-corrected chi connectivity index (χ2v) is 3.13.